The third-order valence-electron chi connectivity index (χ3n) is 4.29. The van der Waals surface area contributed by atoms with Gasteiger partial charge in [0.15, 0.2) is 6.10 Å². The molecule has 0 spiro atoms. The quantitative estimate of drug-likeness (QED) is 0.839. The lowest BCUT2D eigenvalue weighted by Gasteiger charge is -2.23. The first-order valence-corrected chi connectivity index (χ1v) is 8.21. The minimum Gasteiger partial charge on any atom is -0.479 e. The summed E-state index contributed by atoms with van der Waals surface area (Å²) in [4.78, 5) is 23.8. The zero-order valence-corrected chi connectivity index (χ0v) is 13.4. The predicted octanol–water partition coefficient (Wildman–Crippen LogP) is 3.03. The molecule has 23 heavy (non-hydrogen) atoms. The van der Waals surface area contributed by atoms with E-state index < -0.39 is 6.10 Å². The molecule has 1 atom stereocenters. The predicted molar refractivity (Wildman–Crippen MR) is 88.7 cm³/mol. The number of benzene rings is 1. The summed E-state index contributed by atoms with van der Waals surface area (Å²) in [6, 6.07) is 5.09. The van der Waals surface area contributed by atoms with Gasteiger partial charge in [-0.05, 0) is 57.2 Å². The van der Waals surface area contributed by atoms with E-state index in [1.807, 2.05) is 0 Å². The van der Waals surface area contributed by atoms with Crippen molar-refractivity contribution in [1.82, 2.24) is 5.32 Å². The van der Waals surface area contributed by atoms with Crippen molar-refractivity contribution in [3.8, 4) is 5.75 Å². The molecule has 2 N–H and O–H groups in total. The fourth-order valence-corrected chi connectivity index (χ4v) is 2.91. The average molecular weight is 314 g/mol. The van der Waals surface area contributed by atoms with Crippen LogP contribution in [0, 0.1) is 0 Å². The Labute approximate surface area is 136 Å². The highest BCUT2D eigenvalue weighted by atomic mass is 16.5. The van der Waals surface area contributed by atoms with E-state index in [1.165, 1.54) is 18.4 Å². The summed E-state index contributed by atoms with van der Waals surface area (Å²) in [5.41, 5.74) is 2.60. The number of amides is 2. The van der Waals surface area contributed by atoms with Crippen LogP contribution in [0.3, 0.4) is 0 Å². The summed E-state index contributed by atoms with van der Waals surface area (Å²) in [7, 11) is 0. The first-order chi connectivity index (χ1) is 11.1. The number of rotatable bonds is 4. The van der Waals surface area contributed by atoms with Crippen molar-refractivity contribution in [2.75, 3.05) is 11.9 Å². The van der Waals surface area contributed by atoms with E-state index in [0.29, 0.717) is 23.5 Å². The van der Waals surface area contributed by atoms with Crippen LogP contribution >= 0.6 is 0 Å². The monoisotopic (exact) mass is 314 g/mol. The van der Waals surface area contributed by atoms with Crippen molar-refractivity contribution in [1.29, 1.82) is 0 Å². The van der Waals surface area contributed by atoms with Gasteiger partial charge in [-0.2, -0.15) is 0 Å². The fourth-order valence-electron chi connectivity index (χ4n) is 2.91. The second kappa shape index (κ2) is 6.86. The first-order valence-electron chi connectivity index (χ1n) is 8.21. The summed E-state index contributed by atoms with van der Waals surface area (Å²) in [5.74, 6) is 0.257. The maximum absolute atomic E-state index is 12.2. The lowest BCUT2D eigenvalue weighted by molar-refractivity contribution is -0.122. The molecule has 0 saturated carbocycles. The standard InChI is InChI=1S/C18H22N2O3/c1-12-17(21)20-15-8-7-14(11-16(15)23-12)18(22)19-10-9-13-5-3-2-4-6-13/h5,7-8,11-12H,2-4,6,9-10H2,1H3,(H,19,22)(H,20,21). The molecule has 2 amide bonds. The number of hydrogen-bond acceptors (Lipinski definition) is 3. The highest BCUT2D eigenvalue weighted by Gasteiger charge is 2.24. The summed E-state index contributed by atoms with van der Waals surface area (Å²) in [5, 5.41) is 5.71. The number of fused-ring (bicyclic) bond motifs is 1. The van der Waals surface area contributed by atoms with E-state index in [0.717, 1.165) is 19.3 Å². The Bertz CT molecular complexity index is 652. The van der Waals surface area contributed by atoms with Gasteiger partial charge in [0.2, 0.25) is 0 Å². The van der Waals surface area contributed by atoms with Crippen LogP contribution < -0.4 is 15.4 Å². The number of anilines is 1. The van der Waals surface area contributed by atoms with Crippen LogP contribution in [-0.2, 0) is 4.79 Å². The smallest absolute Gasteiger partial charge is 0.265 e. The van der Waals surface area contributed by atoms with E-state index in [-0.39, 0.29) is 11.8 Å². The van der Waals surface area contributed by atoms with Gasteiger partial charge >= 0.3 is 0 Å². The summed E-state index contributed by atoms with van der Waals surface area (Å²) in [6.45, 7) is 2.33. The van der Waals surface area contributed by atoms with Gasteiger partial charge in [-0.25, -0.2) is 0 Å². The zero-order chi connectivity index (χ0) is 16.2. The molecule has 0 aromatic heterocycles. The van der Waals surface area contributed by atoms with Crippen LogP contribution in [0.1, 0.15) is 49.4 Å². The molecule has 0 saturated heterocycles. The van der Waals surface area contributed by atoms with Crippen LogP contribution in [0.4, 0.5) is 5.69 Å². The second-order valence-corrected chi connectivity index (χ2v) is 6.07. The van der Waals surface area contributed by atoms with Crippen molar-refractivity contribution in [3.05, 3.63) is 35.4 Å². The summed E-state index contributed by atoms with van der Waals surface area (Å²) in [6.07, 6.45) is 7.52. The number of carbonyl (C=O) groups is 2. The molecule has 1 aliphatic carbocycles. The Kier molecular flexibility index (Phi) is 4.65. The molecule has 1 aromatic rings. The maximum atomic E-state index is 12.2. The van der Waals surface area contributed by atoms with Crippen molar-refractivity contribution in [2.45, 2.75) is 45.1 Å². The van der Waals surface area contributed by atoms with E-state index in [4.69, 9.17) is 4.74 Å². The minimum absolute atomic E-state index is 0.114. The average Bonchev–Trinajstić information content (AvgIpc) is 2.56. The molecule has 1 unspecified atom stereocenters. The van der Waals surface area contributed by atoms with Crippen LogP contribution in [-0.4, -0.2) is 24.5 Å². The number of nitrogens with one attached hydrogen (secondary N) is 2. The number of ether oxygens (including phenoxy) is 1. The zero-order valence-electron chi connectivity index (χ0n) is 13.4. The fraction of sp³-hybridized carbons (Fsp3) is 0.444. The van der Waals surface area contributed by atoms with Crippen LogP contribution in [0.5, 0.6) is 5.75 Å². The molecule has 3 rings (SSSR count). The van der Waals surface area contributed by atoms with Gasteiger partial charge in [-0.1, -0.05) is 11.6 Å². The van der Waals surface area contributed by atoms with Gasteiger partial charge in [0.1, 0.15) is 5.75 Å². The largest absolute Gasteiger partial charge is 0.479 e. The second-order valence-electron chi connectivity index (χ2n) is 6.07. The molecule has 1 aliphatic heterocycles. The number of carbonyl (C=O) groups excluding carboxylic acids is 2. The van der Waals surface area contributed by atoms with Gasteiger partial charge in [0, 0.05) is 12.1 Å². The van der Waals surface area contributed by atoms with Crippen LogP contribution in [0.25, 0.3) is 0 Å². The summed E-state index contributed by atoms with van der Waals surface area (Å²) >= 11 is 0. The molecule has 2 aliphatic rings. The van der Waals surface area contributed by atoms with E-state index in [2.05, 4.69) is 16.7 Å². The molecule has 122 valence electrons. The minimum atomic E-state index is -0.543. The topological polar surface area (TPSA) is 67.4 Å². The van der Waals surface area contributed by atoms with Crippen molar-refractivity contribution in [2.24, 2.45) is 0 Å². The molecule has 0 bridgehead atoms. The van der Waals surface area contributed by atoms with E-state index in [9.17, 15) is 9.59 Å². The number of allylic oxidation sites excluding steroid dienone is 1. The van der Waals surface area contributed by atoms with Gasteiger partial charge in [0.05, 0.1) is 5.69 Å². The number of hydrogen-bond donors (Lipinski definition) is 2. The van der Waals surface area contributed by atoms with E-state index in [1.54, 1.807) is 25.1 Å². The van der Waals surface area contributed by atoms with Crippen molar-refractivity contribution < 1.29 is 14.3 Å². The highest BCUT2D eigenvalue weighted by molar-refractivity contribution is 6.00. The van der Waals surface area contributed by atoms with Gasteiger partial charge < -0.3 is 15.4 Å². The first kappa shape index (κ1) is 15.6. The third-order valence-corrected chi connectivity index (χ3v) is 4.29. The lowest BCUT2D eigenvalue weighted by Crippen LogP contribution is -2.34. The lowest BCUT2D eigenvalue weighted by atomic mass is 9.97. The Hall–Kier alpha value is -2.30. The van der Waals surface area contributed by atoms with Crippen LogP contribution in [0.15, 0.2) is 29.8 Å². The van der Waals surface area contributed by atoms with Crippen molar-refractivity contribution >= 4 is 17.5 Å². The SMILES string of the molecule is CC1Oc2cc(C(=O)NCCC3=CCCCC3)ccc2NC1=O. The van der Waals surface area contributed by atoms with Gasteiger partial charge in [0.25, 0.3) is 11.8 Å². The normalized spacial score (nSPS) is 20.0. The van der Waals surface area contributed by atoms with Gasteiger partial charge in [-0.3, -0.25) is 9.59 Å². The molecule has 0 radical (unpaired) electrons. The highest BCUT2D eigenvalue weighted by Crippen LogP contribution is 2.30. The summed E-state index contributed by atoms with van der Waals surface area (Å²) < 4.78 is 5.53. The molecule has 5 heteroatoms. The van der Waals surface area contributed by atoms with Crippen LogP contribution in [0.2, 0.25) is 0 Å². The Morgan fingerprint density at radius 3 is 3.04 bits per heavy atom. The third kappa shape index (κ3) is 3.73. The molecular weight excluding hydrogens is 292 g/mol. The molecule has 1 aromatic carbocycles. The Morgan fingerprint density at radius 2 is 2.26 bits per heavy atom. The van der Waals surface area contributed by atoms with Crippen molar-refractivity contribution in [3.63, 3.8) is 0 Å². The molecule has 1 heterocycles. The Balaban J connectivity index is 1.58. The van der Waals surface area contributed by atoms with E-state index >= 15 is 0 Å². The molecule has 0 fully saturated rings. The van der Waals surface area contributed by atoms with Gasteiger partial charge in [-0.15, -0.1) is 0 Å². The maximum Gasteiger partial charge on any atom is 0.265 e. The Morgan fingerprint density at radius 1 is 1.39 bits per heavy atom. The molecule has 5 nitrogen and oxygen atoms in total. The molecular formula is C18H22N2O3.